The number of aromatic nitrogens is 4. The minimum absolute atomic E-state index is 0.00770. The molecule has 0 fully saturated rings. The van der Waals surface area contributed by atoms with Crippen molar-refractivity contribution in [3.63, 3.8) is 0 Å². The van der Waals surface area contributed by atoms with Crippen molar-refractivity contribution in [2.45, 2.75) is 17.3 Å². The summed E-state index contributed by atoms with van der Waals surface area (Å²) >= 11 is 4.13. The number of anilines is 1. The number of carbonyl (C=O) groups excluding carboxylic acids is 1. The summed E-state index contributed by atoms with van der Waals surface area (Å²) in [6, 6.07) is 14.2. The van der Waals surface area contributed by atoms with Crippen LogP contribution in [0.5, 0.6) is 0 Å². The third-order valence-electron chi connectivity index (χ3n) is 4.65. The third kappa shape index (κ3) is 3.83. The Morgan fingerprint density at radius 1 is 1.22 bits per heavy atom. The molecular formula is C20H14N6O3S3. The number of thiazole rings is 2. The van der Waals surface area contributed by atoms with E-state index in [9.17, 15) is 14.9 Å². The van der Waals surface area contributed by atoms with Gasteiger partial charge in [-0.2, -0.15) is 0 Å². The first-order valence-electron chi connectivity index (χ1n) is 9.40. The van der Waals surface area contributed by atoms with Crippen LogP contribution in [0.15, 0.2) is 59.1 Å². The zero-order chi connectivity index (χ0) is 22.2. The molecule has 0 aliphatic carbocycles. The Bertz CT molecular complexity index is 1470. The molecular weight excluding hydrogens is 468 g/mol. The predicted octanol–water partition coefficient (Wildman–Crippen LogP) is 5.10. The molecule has 160 valence electrons. The molecule has 5 aromatic rings. The average molecular weight is 483 g/mol. The molecule has 0 bridgehead atoms. The van der Waals surface area contributed by atoms with E-state index in [0.717, 1.165) is 15.2 Å². The fourth-order valence-corrected chi connectivity index (χ4v) is 5.70. The van der Waals surface area contributed by atoms with Gasteiger partial charge in [-0.15, -0.1) is 21.5 Å². The van der Waals surface area contributed by atoms with Crippen molar-refractivity contribution in [2.24, 2.45) is 0 Å². The molecule has 1 amide bonds. The van der Waals surface area contributed by atoms with E-state index in [2.05, 4.69) is 20.5 Å². The number of thioether (sulfide) groups is 1. The molecule has 9 nitrogen and oxygen atoms in total. The number of hydrogen-bond donors (Lipinski definition) is 1. The minimum atomic E-state index is -0.449. The van der Waals surface area contributed by atoms with E-state index in [1.165, 1.54) is 35.2 Å². The minimum Gasteiger partial charge on any atom is -0.301 e. The Hall–Kier alpha value is -3.35. The lowest BCUT2D eigenvalue weighted by molar-refractivity contribution is -0.384. The number of rotatable bonds is 6. The molecule has 3 heterocycles. The van der Waals surface area contributed by atoms with Gasteiger partial charge >= 0.3 is 0 Å². The maximum Gasteiger partial charge on any atom is 0.270 e. The van der Waals surface area contributed by atoms with E-state index in [1.807, 2.05) is 28.7 Å². The second-order valence-corrected chi connectivity index (χ2v) is 9.94. The van der Waals surface area contributed by atoms with E-state index in [0.29, 0.717) is 21.5 Å². The lowest BCUT2D eigenvalue weighted by Crippen LogP contribution is -2.22. The zero-order valence-electron chi connectivity index (χ0n) is 16.5. The molecule has 0 spiro atoms. The third-order valence-corrected chi connectivity index (χ3v) is 7.46. The van der Waals surface area contributed by atoms with Gasteiger partial charge in [-0.25, -0.2) is 4.98 Å². The number of nitro groups is 1. The van der Waals surface area contributed by atoms with Gasteiger partial charge in [0.1, 0.15) is 0 Å². The first kappa shape index (κ1) is 20.5. The normalized spacial score (nSPS) is 12.3. The quantitative estimate of drug-likeness (QED) is 0.203. The van der Waals surface area contributed by atoms with Crippen molar-refractivity contribution in [1.82, 2.24) is 19.6 Å². The first-order valence-corrected chi connectivity index (χ1v) is 12.0. The van der Waals surface area contributed by atoms with Gasteiger partial charge in [0.15, 0.2) is 10.3 Å². The molecule has 3 aromatic heterocycles. The second kappa shape index (κ2) is 8.30. The standard InChI is InChI=1S/C20H14N6O3S3/c1-11(31-19-23-24-20-25(19)15-7-2-3-8-16(15)32-20)17(27)22-18-21-14(10-30-18)12-5-4-6-13(9-12)26(28)29/h2-11H,1H3,(H,21,22,27)/t11-/m0/s1. The van der Waals surface area contributed by atoms with Crippen LogP contribution in [0.4, 0.5) is 10.8 Å². The van der Waals surface area contributed by atoms with Crippen LogP contribution in [0, 0.1) is 10.1 Å². The van der Waals surface area contributed by atoms with Crippen molar-refractivity contribution in [3.05, 3.63) is 64.0 Å². The van der Waals surface area contributed by atoms with Gasteiger partial charge in [-0.1, -0.05) is 47.4 Å². The van der Waals surface area contributed by atoms with E-state index in [-0.39, 0.29) is 11.6 Å². The van der Waals surface area contributed by atoms with Gasteiger partial charge in [0.25, 0.3) is 5.69 Å². The van der Waals surface area contributed by atoms with Gasteiger partial charge in [0.05, 0.1) is 26.1 Å². The molecule has 1 atom stereocenters. The maximum absolute atomic E-state index is 12.8. The number of carbonyl (C=O) groups is 1. The fraction of sp³-hybridized carbons (Fsp3) is 0.100. The highest BCUT2D eigenvalue weighted by Gasteiger charge is 2.21. The Morgan fingerprint density at radius 2 is 2.06 bits per heavy atom. The lowest BCUT2D eigenvalue weighted by Gasteiger charge is -2.09. The predicted molar refractivity (Wildman–Crippen MR) is 127 cm³/mol. The Labute approximate surface area is 193 Å². The molecule has 0 saturated carbocycles. The fourth-order valence-electron chi connectivity index (χ4n) is 3.09. The molecule has 0 aliphatic rings. The topological polar surface area (TPSA) is 115 Å². The summed E-state index contributed by atoms with van der Waals surface area (Å²) in [6.07, 6.45) is 0. The monoisotopic (exact) mass is 482 g/mol. The van der Waals surface area contributed by atoms with Crippen molar-refractivity contribution >= 4 is 66.3 Å². The van der Waals surface area contributed by atoms with Gasteiger partial charge in [-0.3, -0.25) is 19.3 Å². The van der Waals surface area contributed by atoms with Crippen LogP contribution in [0.25, 0.3) is 26.4 Å². The summed E-state index contributed by atoms with van der Waals surface area (Å²) in [5.41, 5.74) is 2.19. The molecule has 0 radical (unpaired) electrons. The second-order valence-electron chi connectivity index (χ2n) is 6.77. The van der Waals surface area contributed by atoms with Crippen molar-refractivity contribution in [2.75, 3.05) is 5.32 Å². The summed E-state index contributed by atoms with van der Waals surface area (Å²) < 4.78 is 3.06. The average Bonchev–Trinajstić information content (AvgIpc) is 3.50. The Kier molecular flexibility index (Phi) is 5.33. The van der Waals surface area contributed by atoms with E-state index in [4.69, 9.17) is 0 Å². The number of nitro benzene ring substituents is 1. The van der Waals surface area contributed by atoms with Crippen LogP contribution in [-0.4, -0.2) is 35.7 Å². The van der Waals surface area contributed by atoms with Gasteiger partial charge in [0.2, 0.25) is 10.9 Å². The summed E-state index contributed by atoms with van der Waals surface area (Å²) in [7, 11) is 0. The first-order chi connectivity index (χ1) is 15.5. The largest absolute Gasteiger partial charge is 0.301 e. The number of nitrogens with one attached hydrogen (secondary N) is 1. The SMILES string of the molecule is C[C@H](Sc1nnc2sc3ccccc3n12)C(=O)Nc1nc(-c2cccc([N+](=O)[O-])c2)cs1. The van der Waals surface area contributed by atoms with Crippen molar-refractivity contribution < 1.29 is 9.72 Å². The summed E-state index contributed by atoms with van der Waals surface area (Å²) in [6.45, 7) is 1.80. The molecule has 12 heteroatoms. The summed E-state index contributed by atoms with van der Waals surface area (Å²) in [5.74, 6) is -0.216. The number of hydrogen-bond acceptors (Lipinski definition) is 9. The van der Waals surface area contributed by atoms with E-state index >= 15 is 0 Å². The van der Waals surface area contributed by atoms with Crippen LogP contribution >= 0.6 is 34.4 Å². The number of amides is 1. The molecule has 2 aromatic carbocycles. The highest BCUT2D eigenvalue weighted by Crippen LogP contribution is 2.32. The van der Waals surface area contributed by atoms with Crippen LogP contribution in [0.1, 0.15) is 6.92 Å². The highest BCUT2D eigenvalue weighted by atomic mass is 32.2. The van der Waals surface area contributed by atoms with Crippen LogP contribution in [0.3, 0.4) is 0 Å². The maximum atomic E-state index is 12.8. The van der Waals surface area contributed by atoms with Crippen molar-refractivity contribution in [3.8, 4) is 11.3 Å². The summed E-state index contributed by atoms with van der Waals surface area (Å²) in [5, 5.41) is 24.7. The van der Waals surface area contributed by atoms with Gasteiger partial charge in [0, 0.05) is 23.1 Å². The number of para-hydroxylation sites is 1. The molecule has 0 saturated heterocycles. The number of benzene rings is 2. The van der Waals surface area contributed by atoms with E-state index < -0.39 is 10.2 Å². The molecule has 32 heavy (non-hydrogen) atoms. The zero-order valence-corrected chi connectivity index (χ0v) is 18.9. The number of fused-ring (bicyclic) bond motifs is 3. The van der Waals surface area contributed by atoms with Gasteiger partial charge < -0.3 is 5.32 Å². The summed E-state index contributed by atoms with van der Waals surface area (Å²) in [4.78, 5) is 28.5. The Morgan fingerprint density at radius 3 is 2.91 bits per heavy atom. The molecule has 1 N–H and O–H groups in total. The Balaban J connectivity index is 1.31. The van der Waals surface area contributed by atoms with Crippen LogP contribution < -0.4 is 5.32 Å². The number of nitrogens with zero attached hydrogens (tertiary/aromatic N) is 5. The van der Waals surface area contributed by atoms with Crippen molar-refractivity contribution in [1.29, 1.82) is 0 Å². The highest BCUT2D eigenvalue weighted by molar-refractivity contribution is 8.00. The van der Waals surface area contributed by atoms with Crippen LogP contribution in [-0.2, 0) is 4.79 Å². The molecule has 0 aliphatic heterocycles. The smallest absolute Gasteiger partial charge is 0.270 e. The van der Waals surface area contributed by atoms with Gasteiger partial charge in [-0.05, 0) is 19.1 Å². The molecule has 0 unspecified atom stereocenters. The van der Waals surface area contributed by atoms with Crippen LogP contribution in [0.2, 0.25) is 0 Å². The van der Waals surface area contributed by atoms with E-state index in [1.54, 1.807) is 35.8 Å². The number of non-ortho nitro benzene ring substituents is 1. The lowest BCUT2D eigenvalue weighted by atomic mass is 10.1. The molecule has 5 rings (SSSR count).